The smallest absolute Gasteiger partial charge is 0.416 e. The van der Waals surface area contributed by atoms with Gasteiger partial charge in [-0.05, 0) is 38.2 Å². The van der Waals surface area contributed by atoms with E-state index in [0.717, 1.165) is 32.7 Å². The predicted octanol–water partition coefficient (Wildman–Crippen LogP) is 2.63. The molecule has 1 atom stereocenters. The lowest BCUT2D eigenvalue weighted by Gasteiger charge is -2.22. The number of nitrogens with zero attached hydrogens (tertiary/aromatic N) is 2. The van der Waals surface area contributed by atoms with Gasteiger partial charge in [-0.3, -0.25) is 4.90 Å². The molecule has 0 amide bonds. The Morgan fingerprint density at radius 3 is 2.61 bits per heavy atom. The standard InChI is InChI=1S/C16H21F3N2O2/c1-20(2)13-6-7-21(10-13)9-12-5-4-11(15(22)23-3)8-14(12)16(17,18)19/h4-5,8,13H,6-7,9-10H2,1-3H3/t13-/m1/s1. The number of halogens is 3. The molecule has 128 valence electrons. The highest BCUT2D eigenvalue weighted by molar-refractivity contribution is 5.89. The minimum absolute atomic E-state index is 0.0869. The molecule has 0 N–H and O–H groups in total. The second-order valence-corrected chi connectivity index (χ2v) is 6.00. The van der Waals surface area contributed by atoms with Crippen LogP contribution in [0.3, 0.4) is 0 Å². The van der Waals surface area contributed by atoms with Crippen LogP contribution < -0.4 is 0 Å². The first kappa shape index (κ1) is 17.7. The maximum Gasteiger partial charge on any atom is 0.416 e. The molecule has 7 heteroatoms. The Morgan fingerprint density at radius 2 is 2.09 bits per heavy atom. The molecule has 1 aromatic rings. The number of rotatable bonds is 4. The minimum Gasteiger partial charge on any atom is -0.465 e. The first-order valence-corrected chi connectivity index (χ1v) is 7.39. The summed E-state index contributed by atoms with van der Waals surface area (Å²) >= 11 is 0. The summed E-state index contributed by atoms with van der Waals surface area (Å²) in [6, 6.07) is 3.99. The number of likely N-dealkylation sites (N-methyl/N-ethyl adjacent to an activating group) is 1. The Balaban J connectivity index is 2.23. The number of alkyl halides is 3. The molecule has 1 aliphatic heterocycles. The van der Waals surface area contributed by atoms with Crippen molar-refractivity contribution in [3.05, 3.63) is 34.9 Å². The van der Waals surface area contributed by atoms with Gasteiger partial charge in [-0.1, -0.05) is 6.07 Å². The zero-order valence-electron chi connectivity index (χ0n) is 13.5. The van der Waals surface area contributed by atoms with Gasteiger partial charge < -0.3 is 9.64 Å². The highest BCUT2D eigenvalue weighted by Gasteiger charge is 2.35. The van der Waals surface area contributed by atoms with E-state index >= 15 is 0 Å². The number of hydrogen-bond donors (Lipinski definition) is 0. The number of esters is 1. The topological polar surface area (TPSA) is 32.8 Å². The van der Waals surface area contributed by atoms with Crippen molar-refractivity contribution in [1.29, 1.82) is 0 Å². The molecule has 1 heterocycles. The molecule has 2 rings (SSSR count). The fraction of sp³-hybridized carbons (Fsp3) is 0.562. The second-order valence-electron chi connectivity index (χ2n) is 6.00. The van der Waals surface area contributed by atoms with Crippen LogP contribution in [0.4, 0.5) is 13.2 Å². The summed E-state index contributed by atoms with van der Waals surface area (Å²) in [6.07, 6.45) is -3.56. The van der Waals surface area contributed by atoms with Crippen molar-refractivity contribution in [3.8, 4) is 0 Å². The fourth-order valence-electron chi connectivity index (χ4n) is 2.84. The Hall–Kier alpha value is -1.60. The molecule has 0 aliphatic carbocycles. The van der Waals surface area contributed by atoms with Crippen molar-refractivity contribution >= 4 is 5.97 Å². The molecular formula is C16H21F3N2O2. The summed E-state index contributed by atoms with van der Waals surface area (Å²) in [4.78, 5) is 15.6. The van der Waals surface area contributed by atoms with E-state index in [1.807, 2.05) is 19.0 Å². The van der Waals surface area contributed by atoms with Gasteiger partial charge in [0.1, 0.15) is 0 Å². The number of likely N-dealkylation sites (tertiary alicyclic amines) is 1. The van der Waals surface area contributed by atoms with Crippen LogP contribution >= 0.6 is 0 Å². The van der Waals surface area contributed by atoms with E-state index in [9.17, 15) is 18.0 Å². The number of methoxy groups -OCH3 is 1. The molecule has 1 aromatic carbocycles. The summed E-state index contributed by atoms with van der Waals surface area (Å²) in [6.45, 7) is 1.72. The lowest BCUT2D eigenvalue weighted by atomic mass is 10.0. The molecule has 1 aliphatic rings. The van der Waals surface area contributed by atoms with Gasteiger partial charge in [-0.25, -0.2) is 4.79 Å². The predicted molar refractivity (Wildman–Crippen MR) is 80.2 cm³/mol. The van der Waals surface area contributed by atoms with E-state index in [0.29, 0.717) is 6.04 Å². The van der Waals surface area contributed by atoms with E-state index < -0.39 is 17.7 Å². The van der Waals surface area contributed by atoms with Gasteiger partial charge in [0.2, 0.25) is 0 Å². The van der Waals surface area contributed by atoms with Crippen molar-refractivity contribution in [2.45, 2.75) is 25.2 Å². The molecule has 0 aromatic heterocycles. The first-order chi connectivity index (χ1) is 10.7. The van der Waals surface area contributed by atoms with Gasteiger partial charge in [-0.2, -0.15) is 13.2 Å². The highest BCUT2D eigenvalue weighted by atomic mass is 19.4. The second kappa shape index (κ2) is 6.88. The van der Waals surface area contributed by atoms with Gasteiger partial charge in [0.25, 0.3) is 0 Å². The van der Waals surface area contributed by atoms with Crippen LogP contribution in [0.25, 0.3) is 0 Å². The quantitative estimate of drug-likeness (QED) is 0.795. The maximum atomic E-state index is 13.3. The largest absolute Gasteiger partial charge is 0.465 e. The molecule has 0 spiro atoms. The van der Waals surface area contributed by atoms with Crippen LogP contribution in [0.2, 0.25) is 0 Å². The summed E-state index contributed by atoms with van der Waals surface area (Å²) in [5, 5.41) is 0. The third-order valence-electron chi connectivity index (χ3n) is 4.21. The van der Waals surface area contributed by atoms with E-state index in [1.165, 1.54) is 12.1 Å². The fourth-order valence-corrected chi connectivity index (χ4v) is 2.84. The first-order valence-electron chi connectivity index (χ1n) is 7.39. The average molecular weight is 330 g/mol. The van der Waals surface area contributed by atoms with E-state index in [1.54, 1.807) is 0 Å². The van der Waals surface area contributed by atoms with Crippen LogP contribution in [-0.4, -0.2) is 56.1 Å². The third-order valence-corrected chi connectivity index (χ3v) is 4.21. The Bertz CT molecular complexity index is 573. The average Bonchev–Trinajstić information content (AvgIpc) is 2.94. The van der Waals surface area contributed by atoms with Crippen LogP contribution in [0, 0.1) is 0 Å². The molecule has 0 radical (unpaired) electrons. The summed E-state index contributed by atoms with van der Waals surface area (Å²) in [5.74, 6) is -0.768. The molecule has 4 nitrogen and oxygen atoms in total. The zero-order valence-corrected chi connectivity index (χ0v) is 13.5. The molecule has 0 unspecified atom stereocenters. The van der Waals surface area contributed by atoms with Crippen LogP contribution in [-0.2, 0) is 17.5 Å². The van der Waals surface area contributed by atoms with E-state index in [4.69, 9.17) is 0 Å². The van der Waals surface area contributed by atoms with Crippen molar-refractivity contribution in [2.75, 3.05) is 34.3 Å². The van der Waals surface area contributed by atoms with Gasteiger partial charge >= 0.3 is 12.1 Å². The number of carbonyl (C=O) groups is 1. The number of benzene rings is 1. The summed E-state index contributed by atoms with van der Waals surface area (Å²) in [7, 11) is 5.09. The minimum atomic E-state index is -4.50. The summed E-state index contributed by atoms with van der Waals surface area (Å²) in [5.41, 5.74) is -0.672. The third kappa shape index (κ3) is 4.23. The van der Waals surface area contributed by atoms with Gasteiger partial charge in [0, 0.05) is 25.7 Å². The number of hydrogen-bond acceptors (Lipinski definition) is 4. The maximum absolute atomic E-state index is 13.3. The zero-order chi connectivity index (χ0) is 17.2. The summed E-state index contributed by atoms with van der Waals surface area (Å²) < 4.78 is 44.4. The number of ether oxygens (including phenoxy) is 1. The van der Waals surface area contributed by atoms with Crippen LogP contribution in [0.15, 0.2) is 18.2 Å². The Kier molecular flexibility index (Phi) is 5.31. The van der Waals surface area contributed by atoms with Crippen LogP contribution in [0.5, 0.6) is 0 Å². The van der Waals surface area contributed by atoms with Crippen molar-refractivity contribution in [2.24, 2.45) is 0 Å². The van der Waals surface area contributed by atoms with Gasteiger partial charge in [-0.15, -0.1) is 0 Å². The molecule has 1 fully saturated rings. The van der Waals surface area contributed by atoms with E-state index in [2.05, 4.69) is 9.64 Å². The normalized spacial score (nSPS) is 19.3. The lowest BCUT2D eigenvalue weighted by molar-refractivity contribution is -0.138. The van der Waals surface area contributed by atoms with E-state index in [-0.39, 0.29) is 17.7 Å². The van der Waals surface area contributed by atoms with Gasteiger partial charge in [0.15, 0.2) is 0 Å². The highest BCUT2D eigenvalue weighted by Crippen LogP contribution is 2.34. The molecule has 0 bridgehead atoms. The number of carbonyl (C=O) groups excluding carboxylic acids is 1. The molecule has 23 heavy (non-hydrogen) atoms. The van der Waals surface area contributed by atoms with Crippen molar-refractivity contribution in [1.82, 2.24) is 9.80 Å². The SMILES string of the molecule is COC(=O)c1ccc(CN2CC[C@@H](N(C)C)C2)c(C(F)(F)F)c1. The van der Waals surface area contributed by atoms with Crippen molar-refractivity contribution < 1.29 is 22.7 Å². The molecular weight excluding hydrogens is 309 g/mol. The lowest BCUT2D eigenvalue weighted by Crippen LogP contribution is -2.31. The monoisotopic (exact) mass is 330 g/mol. The molecule has 1 saturated heterocycles. The van der Waals surface area contributed by atoms with Gasteiger partial charge in [0.05, 0.1) is 18.2 Å². The molecule has 0 saturated carbocycles. The Labute approximate surface area is 133 Å². The van der Waals surface area contributed by atoms with Crippen molar-refractivity contribution in [3.63, 3.8) is 0 Å². The van der Waals surface area contributed by atoms with Crippen LogP contribution in [0.1, 0.15) is 27.9 Å². The Morgan fingerprint density at radius 1 is 1.39 bits per heavy atom.